The molecule has 0 aliphatic rings. The summed E-state index contributed by atoms with van der Waals surface area (Å²) in [7, 11) is 1.80. The summed E-state index contributed by atoms with van der Waals surface area (Å²) in [5.74, 6) is 0. The second-order valence-corrected chi connectivity index (χ2v) is 5.73. The molecule has 1 N–H and O–H groups in total. The van der Waals surface area contributed by atoms with Crippen molar-refractivity contribution >= 4 is 0 Å². The van der Waals surface area contributed by atoms with Crippen LogP contribution >= 0.6 is 0 Å². The Hall–Kier alpha value is -0.0800. The van der Waals surface area contributed by atoms with Crippen molar-refractivity contribution in [3.63, 3.8) is 0 Å². The van der Waals surface area contributed by atoms with Crippen molar-refractivity contribution in [1.29, 1.82) is 0 Å². The number of hydrogen-bond donors (Lipinski definition) is 1. The first-order valence-corrected chi connectivity index (χ1v) is 6.09. The first-order valence-electron chi connectivity index (χ1n) is 6.09. The topological polar surface area (TPSA) is 21.3 Å². The van der Waals surface area contributed by atoms with Crippen LogP contribution in [0.15, 0.2) is 0 Å². The average molecular weight is 215 g/mol. The van der Waals surface area contributed by atoms with Crippen molar-refractivity contribution in [1.82, 2.24) is 5.32 Å². The van der Waals surface area contributed by atoms with Crippen molar-refractivity contribution in [2.24, 2.45) is 5.41 Å². The SMILES string of the molecule is CCNCCC(C)(C)CCC(C)(C)OC. The molecule has 15 heavy (non-hydrogen) atoms. The first kappa shape index (κ1) is 14.9. The van der Waals surface area contributed by atoms with E-state index >= 15 is 0 Å². The molecule has 0 aliphatic carbocycles. The van der Waals surface area contributed by atoms with E-state index in [0.29, 0.717) is 5.41 Å². The fraction of sp³-hybridized carbons (Fsp3) is 1.00. The second kappa shape index (κ2) is 6.49. The third kappa shape index (κ3) is 7.80. The summed E-state index contributed by atoms with van der Waals surface area (Å²) in [6.45, 7) is 13.4. The Morgan fingerprint density at radius 3 is 2.07 bits per heavy atom. The lowest BCUT2D eigenvalue weighted by atomic mass is 9.81. The van der Waals surface area contributed by atoms with Gasteiger partial charge in [-0.15, -0.1) is 0 Å². The van der Waals surface area contributed by atoms with E-state index in [-0.39, 0.29) is 5.60 Å². The van der Waals surface area contributed by atoms with Gasteiger partial charge in [-0.1, -0.05) is 20.8 Å². The highest BCUT2D eigenvalue weighted by Gasteiger charge is 2.23. The largest absolute Gasteiger partial charge is 0.379 e. The van der Waals surface area contributed by atoms with Gasteiger partial charge in [0.15, 0.2) is 0 Å². The van der Waals surface area contributed by atoms with Crippen LogP contribution in [0.25, 0.3) is 0 Å². The lowest BCUT2D eigenvalue weighted by Gasteiger charge is -2.30. The smallest absolute Gasteiger partial charge is 0.0623 e. The monoisotopic (exact) mass is 215 g/mol. The van der Waals surface area contributed by atoms with E-state index in [2.05, 4.69) is 39.9 Å². The minimum absolute atomic E-state index is 0.0233. The minimum Gasteiger partial charge on any atom is -0.379 e. The van der Waals surface area contributed by atoms with Crippen molar-refractivity contribution < 1.29 is 4.74 Å². The highest BCUT2D eigenvalue weighted by molar-refractivity contribution is 4.76. The third-order valence-electron chi connectivity index (χ3n) is 3.18. The van der Waals surface area contributed by atoms with Gasteiger partial charge in [0.05, 0.1) is 5.60 Å². The van der Waals surface area contributed by atoms with E-state index in [9.17, 15) is 0 Å². The molecule has 0 atom stereocenters. The Balaban J connectivity index is 3.82. The summed E-state index contributed by atoms with van der Waals surface area (Å²) < 4.78 is 5.44. The van der Waals surface area contributed by atoms with Crippen LogP contribution in [-0.2, 0) is 4.74 Å². The molecule has 0 aliphatic heterocycles. The van der Waals surface area contributed by atoms with Gasteiger partial charge in [-0.25, -0.2) is 0 Å². The molecule has 0 amide bonds. The Morgan fingerprint density at radius 1 is 1.00 bits per heavy atom. The van der Waals surface area contributed by atoms with Crippen molar-refractivity contribution in [3.8, 4) is 0 Å². The van der Waals surface area contributed by atoms with E-state index in [4.69, 9.17) is 4.74 Å². The summed E-state index contributed by atoms with van der Waals surface area (Å²) in [4.78, 5) is 0. The van der Waals surface area contributed by atoms with Crippen LogP contribution in [0.5, 0.6) is 0 Å². The predicted molar refractivity (Wildman–Crippen MR) is 67.3 cm³/mol. The van der Waals surface area contributed by atoms with Crippen LogP contribution in [0.4, 0.5) is 0 Å². The van der Waals surface area contributed by atoms with Gasteiger partial charge in [-0.3, -0.25) is 0 Å². The number of methoxy groups -OCH3 is 1. The summed E-state index contributed by atoms with van der Waals surface area (Å²) in [5.41, 5.74) is 0.438. The van der Waals surface area contributed by atoms with Crippen molar-refractivity contribution in [2.75, 3.05) is 20.2 Å². The average Bonchev–Trinajstić information content (AvgIpc) is 2.16. The van der Waals surface area contributed by atoms with Gasteiger partial charge in [0.2, 0.25) is 0 Å². The van der Waals surface area contributed by atoms with Crippen LogP contribution in [0.3, 0.4) is 0 Å². The molecule has 0 fully saturated rings. The minimum atomic E-state index is 0.0233. The zero-order valence-electron chi connectivity index (χ0n) is 11.4. The van der Waals surface area contributed by atoms with Gasteiger partial charge < -0.3 is 10.1 Å². The second-order valence-electron chi connectivity index (χ2n) is 5.73. The maximum atomic E-state index is 5.44. The van der Waals surface area contributed by atoms with Crippen LogP contribution < -0.4 is 5.32 Å². The van der Waals surface area contributed by atoms with Gasteiger partial charge in [0.25, 0.3) is 0 Å². The zero-order chi connectivity index (χ0) is 11.9. The molecule has 0 spiro atoms. The Morgan fingerprint density at radius 2 is 1.60 bits per heavy atom. The lowest BCUT2D eigenvalue weighted by molar-refractivity contribution is 0.00532. The first-order chi connectivity index (χ1) is 6.83. The number of rotatable bonds is 8. The molecule has 0 saturated carbocycles. The zero-order valence-corrected chi connectivity index (χ0v) is 11.4. The standard InChI is InChI=1S/C13H29NO/c1-7-14-11-10-12(2,3)8-9-13(4,5)15-6/h14H,7-11H2,1-6H3. The molecule has 0 bridgehead atoms. The fourth-order valence-electron chi connectivity index (χ4n) is 1.47. The highest BCUT2D eigenvalue weighted by Crippen LogP contribution is 2.30. The molecule has 2 nitrogen and oxygen atoms in total. The van der Waals surface area contributed by atoms with Gasteiger partial charge in [-0.2, -0.15) is 0 Å². The molecule has 0 saturated heterocycles. The lowest BCUT2D eigenvalue weighted by Crippen LogP contribution is -2.27. The number of nitrogens with one attached hydrogen (secondary N) is 1. The Bertz CT molecular complexity index is 164. The van der Waals surface area contributed by atoms with Crippen molar-refractivity contribution in [2.45, 2.75) is 59.5 Å². The van der Waals surface area contributed by atoms with E-state index < -0.39 is 0 Å². The molecule has 0 unspecified atom stereocenters. The molecule has 0 heterocycles. The molecule has 0 rings (SSSR count). The molecule has 92 valence electrons. The highest BCUT2D eigenvalue weighted by atomic mass is 16.5. The quantitative estimate of drug-likeness (QED) is 0.628. The third-order valence-corrected chi connectivity index (χ3v) is 3.18. The summed E-state index contributed by atoms with van der Waals surface area (Å²) >= 11 is 0. The number of ether oxygens (including phenoxy) is 1. The Labute approximate surface area is 95.8 Å². The van der Waals surface area contributed by atoms with E-state index in [1.807, 2.05) is 0 Å². The van der Waals surface area contributed by atoms with Crippen LogP contribution in [0.1, 0.15) is 53.9 Å². The molecular weight excluding hydrogens is 186 g/mol. The maximum absolute atomic E-state index is 5.44. The molecular formula is C13H29NO. The van der Waals surface area contributed by atoms with Gasteiger partial charge >= 0.3 is 0 Å². The summed E-state index contributed by atoms with van der Waals surface area (Å²) in [6.07, 6.45) is 3.59. The van der Waals surface area contributed by atoms with E-state index in [0.717, 1.165) is 19.5 Å². The fourth-order valence-corrected chi connectivity index (χ4v) is 1.47. The van der Waals surface area contributed by atoms with Crippen molar-refractivity contribution in [3.05, 3.63) is 0 Å². The van der Waals surface area contributed by atoms with Crippen LogP contribution in [0, 0.1) is 5.41 Å². The normalized spacial score (nSPS) is 13.2. The van der Waals surface area contributed by atoms with E-state index in [1.54, 1.807) is 7.11 Å². The number of hydrogen-bond acceptors (Lipinski definition) is 2. The van der Waals surface area contributed by atoms with Crippen LogP contribution in [-0.4, -0.2) is 25.8 Å². The molecule has 0 aromatic carbocycles. The molecule has 0 aromatic heterocycles. The predicted octanol–water partition coefficient (Wildman–Crippen LogP) is 3.22. The Kier molecular flexibility index (Phi) is 6.46. The van der Waals surface area contributed by atoms with Crippen LogP contribution in [0.2, 0.25) is 0 Å². The summed E-state index contributed by atoms with van der Waals surface area (Å²) in [6, 6.07) is 0. The molecule has 0 aromatic rings. The summed E-state index contributed by atoms with van der Waals surface area (Å²) in [5, 5.41) is 3.38. The molecule has 2 heteroatoms. The van der Waals surface area contributed by atoms with Gasteiger partial charge in [-0.05, 0) is 51.6 Å². The van der Waals surface area contributed by atoms with Gasteiger partial charge in [0, 0.05) is 7.11 Å². The maximum Gasteiger partial charge on any atom is 0.0623 e. The van der Waals surface area contributed by atoms with E-state index in [1.165, 1.54) is 12.8 Å². The molecule has 0 radical (unpaired) electrons. The van der Waals surface area contributed by atoms with Gasteiger partial charge in [0.1, 0.15) is 0 Å².